The standard InChI is InChI=1S/C15H17FN6O3/c1-10(23)17-5-6-18-14-13(22(24)25)9-20-15(21-14)19-8-11-3-2-4-12(16)7-11/h2-4,7,9H,5-6,8H2,1H3,(H,17,23)(H2,18,19,20,21). The van der Waals surface area contributed by atoms with Crippen molar-refractivity contribution in [2.24, 2.45) is 0 Å². The summed E-state index contributed by atoms with van der Waals surface area (Å²) < 4.78 is 13.2. The maximum absolute atomic E-state index is 13.2. The van der Waals surface area contributed by atoms with Gasteiger partial charge in [0.1, 0.15) is 12.0 Å². The molecule has 10 heteroatoms. The SMILES string of the molecule is CC(=O)NCCNc1nc(NCc2cccc(F)c2)ncc1[N+](=O)[O-]. The Hall–Kier alpha value is -3.30. The van der Waals surface area contributed by atoms with Crippen molar-refractivity contribution in [2.45, 2.75) is 13.5 Å². The molecule has 1 aromatic heterocycles. The summed E-state index contributed by atoms with van der Waals surface area (Å²) in [5, 5.41) is 19.3. The fourth-order valence-corrected chi connectivity index (χ4v) is 1.97. The van der Waals surface area contributed by atoms with Crippen LogP contribution in [0.25, 0.3) is 0 Å². The number of nitrogens with zero attached hydrogens (tertiary/aromatic N) is 3. The molecule has 0 aliphatic carbocycles. The highest BCUT2D eigenvalue weighted by molar-refractivity contribution is 5.72. The normalized spacial score (nSPS) is 10.2. The minimum Gasteiger partial charge on any atom is -0.362 e. The smallest absolute Gasteiger partial charge is 0.329 e. The van der Waals surface area contributed by atoms with Crippen molar-refractivity contribution in [3.8, 4) is 0 Å². The van der Waals surface area contributed by atoms with Gasteiger partial charge >= 0.3 is 5.69 Å². The predicted octanol–water partition coefficient (Wildman–Crippen LogP) is 1.68. The first-order valence-corrected chi connectivity index (χ1v) is 7.44. The molecular weight excluding hydrogens is 331 g/mol. The molecule has 0 spiro atoms. The number of benzene rings is 1. The van der Waals surface area contributed by atoms with E-state index in [0.717, 1.165) is 6.20 Å². The molecule has 1 heterocycles. The zero-order valence-electron chi connectivity index (χ0n) is 13.5. The van der Waals surface area contributed by atoms with E-state index < -0.39 is 4.92 Å². The molecule has 25 heavy (non-hydrogen) atoms. The highest BCUT2D eigenvalue weighted by Gasteiger charge is 2.17. The first-order chi connectivity index (χ1) is 12.0. The topological polar surface area (TPSA) is 122 Å². The van der Waals surface area contributed by atoms with Crippen LogP contribution in [0.4, 0.5) is 21.8 Å². The summed E-state index contributed by atoms with van der Waals surface area (Å²) in [7, 11) is 0. The molecule has 1 aromatic carbocycles. The Morgan fingerprint density at radius 3 is 2.80 bits per heavy atom. The van der Waals surface area contributed by atoms with Gasteiger partial charge in [-0.25, -0.2) is 9.37 Å². The molecule has 1 amide bonds. The summed E-state index contributed by atoms with van der Waals surface area (Å²) in [4.78, 5) is 29.2. The molecule has 0 atom stereocenters. The summed E-state index contributed by atoms with van der Waals surface area (Å²) >= 11 is 0. The molecule has 3 N–H and O–H groups in total. The van der Waals surface area contributed by atoms with Crippen molar-refractivity contribution in [3.63, 3.8) is 0 Å². The maximum Gasteiger partial charge on any atom is 0.329 e. The second kappa shape index (κ2) is 8.52. The molecule has 2 rings (SSSR count). The molecule has 0 saturated carbocycles. The van der Waals surface area contributed by atoms with E-state index in [4.69, 9.17) is 0 Å². The van der Waals surface area contributed by atoms with Gasteiger partial charge in [-0.2, -0.15) is 4.98 Å². The molecule has 9 nitrogen and oxygen atoms in total. The van der Waals surface area contributed by atoms with Gasteiger partial charge in [0, 0.05) is 26.6 Å². The van der Waals surface area contributed by atoms with Crippen LogP contribution in [-0.4, -0.2) is 33.9 Å². The van der Waals surface area contributed by atoms with Crippen molar-refractivity contribution in [1.82, 2.24) is 15.3 Å². The van der Waals surface area contributed by atoms with Crippen LogP contribution in [0, 0.1) is 15.9 Å². The van der Waals surface area contributed by atoms with Gasteiger partial charge in [-0.3, -0.25) is 14.9 Å². The lowest BCUT2D eigenvalue weighted by molar-refractivity contribution is -0.384. The molecule has 0 fully saturated rings. The minimum absolute atomic E-state index is 0.0343. The molecule has 2 aromatic rings. The van der Waals surface area contributed by atoms with Crippen molar-refractivity contribution in [2.75, 3.05) is 23.7 Å². The number of hydrogen-bond donors (Lipinski definition) is 3. The Balaban J connectivity index is 2.04. The van der Waals surface area contributed by atoms with Gasteiger partial charge in [-0.05, 0) is 17.7 Å². The third kappa shape index (κ3) is 5.68. The second-order valence-corrected chi connectivity index (χ2v) is 5.08. The van der Waals surface area contributed by atoms with Crippen LogP contribution in [0.15, 0.2) is 30.5 Å². The zero-order valence-corrected chi connectivity index (χ0v) is 13.5. The summed E-state index contributed by atoms with van der Waals surface area (Å²) in [5.74, 6) is -0.357. The number of carbonyl (C=O) groups excluding carboxylic acids is 1. The second-order valence-electron chi connectivity index (χ2n) is 5.08. The Morgan fingerprint density at radius 1 is 1.32 bits per heavy atom. The average Bonchev–Trinajstić information content (AvgIpc) is 2.56. The highest BCUT2D eigenvalue weighted by Crippen LogP contribution is 2.21. The lowest BCUT2D eigenvalue weighted by Crippen LogP contribution is -2.26. The predicted molar refractivity (Wildman–Crippen MR) is 89.6 cm³/mol. The first kappa shape index (κ1) is 18.0. The van der Waals surface area contributed by atoms with Crippen LogP contribution in [-0.2, 0) is 11.3 Å². The molecule has 0 bridgehead atoms. The van der Waals surface area contributed by atoms with Gasteiger partial charge in [-0.15, -0.1) is 0 Å². The Morgan fingerprint density at radius 2 is 2.12 bits per heavy atom. The van der Waals surface area contributed by atoms with E-state index in [0.29, 0.717) is 12.1 Å². The molecule has 0 unspecified atom stereocenters. The van der Waals surface area contributed by atoms with Crippen LogP contribution in [0.5, 0.6) is 0 Å². The van der Waals surface area contributed by atoms with Crippen LogP contribution < -0.4 is 16.0 Å². The van der Waals surface area contributed by atoms with Crippen LogP contribution in [0.1, 0.15) is 12.5 Å². The van der Waals surface area contributed by atoms with Crippen molar-refractivity contribution in [1.29, 1.82) is 0 Å². The van der Waals surface area contributed by atoms with Crippen LogP contribution >= 0.6 is 0 Å². The third-order valence-electron chi connectivity index (χ3n) is 3.10. The van der Waals surface area contributed by atoms with Crippen molar-refractivity contribution >= 4 is 23.4 Å². The number of halogens is 1. The fourth-order valence-electron chi connectivity index (χ4n) is 1.97. The summed E-state index contributed by atoms with van der Waals surface area (Å²) in [5.41, 5.74) is 0.404. The summed E-state index contributed by atoms with van der Waals surface area (Å²) in [6.07, 6.45) is 1.08. The number of hydrogen-bond acceptors (Lipinski definition) is 7. The first-order valence-electron chi connectivity index (χ1n) is 7.44. The van der Waals surface area contributed by atoms with E-state index in [1.54, 1.807) is 12.1 Å². The number of amides is 1. The largest absolute Gasteiger partial charge is 0.362 e. The average molecular weight is 348 g/mol. The van der Waals surface area contributed by atoms with Gasteiger partial charge in [0.05, 0.1) is 4.92 Å². The molecule has 0 aliphatic rings. The Bertz CT molecular complexity index is 771. The van der Waals surface area contributed by atoms with E-state index >= 15 is 0 Å². The highest BCUT2D eigenvalue weighted by atomic mass is 19.1. The van der Waals surface area contributed by atoms with E-state index in [1.165, 1.54) is 19.1 Å². The maximum atomic E-state index is 13.2. The molecule has 0 saturated heterocycles. The number of nitro groups is 1. The van der Waals surface area contributed by atoms with Crippen molar-refractivity contribution in [3.05, 3.63) is 52.0 Å². The van der Waals surface area contributed by atoms with Crippen molar-refractivity contribution < 1.29 is 14.1 Å². The third-order valence-corrected chi connectivity index (χ3v) is 3.10. The minimum atomic E-state index is -0.600. The van der Waals surface area contributed by atoms with Gasteiger partial charge in [0.25, 0.3) is 0 Å². The monoisotopic (exact) mass is 348 g/mol. The zero-order chi connectivity index (χ0) is 18.2. The van der Waals surface area contributed by atoms with Gasteiger partial charge in [0.2, 0.25) is 17.7 Å². The van der Waals surface area contributed by atoms with Gasteiger partial charge < -0.3 is 16.0 Å². The van der Waals surface area contributed by atoms with Crippen LogP contribution in [0.2, 0.25) is 0 Å². The van der Waals surface area contributed by atoms with Gasteiger partial charge in [0.15, 0.2) is 0 Å². The summed E-state index contributed by atoms with van der Waals surface area (Å²) in [6, 6.07) is 6.01. The molecule has 0 radical (unpaired) electrons. The van der Waals surface area contributed by atoms with E-state index in [9.17, 15) is 19.3 Å². The van der Waals surface area contributed by atoms with E-state index in [2.05, 4.69) is 25.9 Å². The number of carbonyl (C=O) groups is 1. The number of aromatic nitrogens is 2. The van der Waals surface area contributed by atoms with Crippen LogP contribution in [0.3, 0.4) is 0 Å². The quantitative estimate of drug-likeness (QED) is 0.377. The van der Waals surface area contributed by atoms with Gasteiger partial charge in [-0.1, -0.05) is 12.1 Å². The number of rotatable bonds is 8. The fraction of sp³-hybridized carbons (Fsp3) is 0.267. The lowest BCUT2D eigenvalue weighted by Gasteiger charge is -2.09. The summed E-state index contributed by atoms with van der Waals surface area (Å²) in [6.45, 7) is 2.20. The Kier molecular flexibility index (Phi) is 6.15. The van der Waals surface area contributed by atoms with E-state index in [-0.39, 0.29) is 42.3 Å². The number of anilines is 2. The molecular formula is C15H17FN6O3. The number of nitrogens with one attached hydrogen (secondary N) is 3. The Labute approximate surface area is 142 Å². The molecule has 0 aliphatic heterocycles. The molecule has 132 valence electrons. The lowest BCUT2D eigenvalue weighted by atomic mass is 10.2. The van der Waals surface area contributed by atoms with E-state index in [1.807, 2.05) is 0 Å².